The fraction of sp³-hybridized carbons (Fsp3) is 1.00. The van der Waals surface area contributed by atoms with E-state index in [0.717, 1.165) is 25.8 Å². The van der Waals surface area contributed by atoms with E-state index in [0.29, 0.717) is 12.6 Å². The molecular formula is C13H28N2O2S. The third-order valence-corrected chi connectivity index (χ3v) is 4.76. The van der Waals surface area contributed by atoms with Gasteiger partial charge in [0.2, 0.25) is 10.0 Å². The van der Waals surface area contributed by atoms with E-state index in [1.807, 2.05) is 0 Å². The van der Waals surface area contributed by atoms with Gasteiger partial charge in [0.15, 0.2) is 0 Å². The molecule has 1 aliphatic heterocycles. The SMILES string of the molecule is CC(C)(C)CCNS(=O)(=O)CCC1CCCCN1. The number of hydrogen-bond donors (Lipinski definition) is 2. The first-order valence-electron chi connectivity index (χ1n) is 6.99. The minimum absolute atomic E-state index is 0.174. The van der Waals surface area contributed by atoms with Gasteiger partial charge >= 0.3 is 0 Å². The summed E-state index contributed by atoms with van der Waals surface area (Å²) >= 11 is 0. The molecule has 0 aliphatic carbocycles. The van der Waals surface area contributed by atoms with Crippen LogP contribution in [0.2, 0.25) is 0 Å². The van der Waals surface area contributed by atoms with Gasteiger partial charge in [0, 0.05) is 12.6 Å². The molecule has 0 aromatic heterocycles. The standard InChI is InChI=1S/C13H28N2O2S/c1-13(2,3)8-10-15-18(16,17)11-7-12-6-4-5-9-14-12/h12,14-15H,4-11H2,1-3H3. The zero-order valence-corrected chi connectivity index (χ0v) is 12.8. The fourth-order valence-corrected chi connectivity index (χ4v) is 3.27. The zero-order chi connectivity index (χ0) is 13.6. The van der Waals surface area contributed by atoms with Crippen LogP contribution in [0.1, 0.15) is 52.9 Å². The van der Waals surface area contributed by atoms with Crippen LogP contribution in [0.4, 0.5) is 0 Å². The van der Waals surface area contributed by atoms with Crippen LogP contribution in [0.5, 0.6) is 0 Å². The third-order valence-electron chi connectivity index (χ3n) is 3.34. The summed E-state index contributed by atoms with van der Waals surface area (Å²) in [4.78, 5) is 0. The number of nitrogens with one attached hydrogen (secondary N) is 2. The highest BCUT2D eigenvalue weighted by Gasteiger charge is 2.18. The van der Waals surface area contributed by atoms with Gasteiger partial charge in [0.25, 0.3) is 0 Å². The number of hydrogen-bond acceptors (Lipinski definition) is 3. The second-order valence-corrected chi connectivity index (χ2v) is 8.39. The van der Waals surface area contributed by atoms with E-state index >= 15 is 0 Å². The molecule has 0 bridgehead atoms. The monoisotopic (exact) mass is 276 g/mol. The molecule has 1 heterocycles. The summed E-state index contributed by atoms with van der Waals surface area (Å²) in [6, 6.07) is 0.387. The minimum Gasteiger partial charge on any atom is -0.314 e. The summed E-state index contributed by atoms with van der Waals surface area (Å²) in [5, 5.41) is 3.38. The molecule has 0 amide bonds. The van der Waals surface area contributed by atoms with Gasteiger partial charge in [-0.1, -0.05) is 27.2 Å². The molecule has 1 unspecified atom stereocenters. The van der Waals surface area contributed by atoms with Gasteiger partial charge in [0.1, 0.15) is 0 Å². The van der Waals surface area contributed by atoms with E-state index in [2.05, 4.69) is 30.8 Å². The van der Waals surface area contributed by atoms with Crippen molar-refractivity contribution in [3.8, 4) is 0 Å². The van der Waals surface area contributed by atoms with Crippen LogP contribution in [-0.2, 0) is 10.0 Å². The van der Waals surface area contributed by atoms with Crippen molar-refractivity contribution in [2.45, 2.75) is 58.9 Å². The highest BCUT2D eigenvalue weighted by molar-refractivity contribution is 7.89. The van der Waals surface area contributed by atoms with Crippen molar-refractivity contribution in [1.29, 1.82) is 0 Å². The number of piperidine rings is 1. The van der Waals surface area contributed by atoms with Crippen molar-refractivity contribution in [3.05, 3.63) is 0 Å². The molecular weight excluding hydrogens is 248 g/mol. The second-order valence-electron chi connectivity index (χ2n) is 6.46. The molecule has 0 radical (unpaired) electrons. The lowest BCUT2D eigenvalue weighted by molar-refractivity contribution is 0.377. The average molecular weight is 276 g/mol. The van der Waals surface area contributed by atoms with Gasteiger partial charge in [-0.3, -0.25) is 0 Å². The van der Waals surface area contributed by atoms with E-state index in [9.17, 15) is 8.42 Å². The van der Waals surface area contributed by atoms with E-state index in [1.54, 1.807) is 0 Å². The molecule has 2 N–H and O–H groups in total. The maximum absolute atomic E-state index is 11.8. The largest absolute Gasteiger partial charge is 0.314 e. The second kappa shape index (κ2) is 6.87. The Balaban J connectivity index is 2.22. The van der Waals surface area contributed by atoms with Crippen molar-refractivity contribution in [2.24, 2.45) is 5.41 Å². The van der Waals surface area contributed by atoms with Crippen molar-refractivity contribution < 1.29 is 8.42 Å². The molecule has 5 heteroatoms. The van der Waals surface area contributed by atoms with Crippen LogP contribution < -0.4 is 10.0 Å². The Hall–Kier alpha value is -0.130. The van der Waals surface area contributed by atoms with Crippen LogP contribution >= 0.6 is 0 Å². The molecule has 1 aliphatic rings. The molecule has 1 fully saturated rings. The molecule has 18 heavy (non-hydrogen) atoms. The van der Waals surface area contributed by atoms with Crippen molar-refractivity contribution in [1.82, 2.24) is 10.0 Å². The lowest BCUT2D eigenvalue weighted by atomic mass is 9.93. The molecule has 1 saturated heterocycles. The normalized spacial score (nSPS) is 22.1. The third kappa shape index (κ3) is 7.34. The van der Waals surface area contributed by atoms with E-state index in [4.69, 9.17) is 0 Å². The fourth-order valence-electron chi connectivity index (χ4n) is 2.12. The molecule has 1 rings (SSSR count). The summed E-state index contributed by atoms with van der Waals surface area (Å²) in [6.45, 7) is 7.93. The first kappa shape index (κ1) is 15.9. The van der Waals surface area contributed by atoms with Crippen molar-refractivity contribution >= 4 is 10.0 Å². The maximum atomic E-state index is 11.8. The summed E-state index contributed by atoms with van der Waals surface area (Å²) in [5.41, 5.74) is 0.174. The molecule has 0 saturated carbocycles. The molecule has 0 aromatic carbocycles. The van der Waals surface area contributed by atoms with Crippen LogP contribution in [0.25, 0.3) is 0 Å². The first-order chi connectivity index (χ1) is 8.29. The number of rotatable bonds is 6. The van der Waals surface area contributed by atoms with Crippen molar-refractivity contribution in [3.63, 3.8) is 0 Å². The van der Waals surface area contributed by atoms with Crippen LogP contribution in [-0.4, -0.2) is 33.3 Å². The Morgan fingerprint density at radius 2 is 2.00 bits per heavy atom. The van der Waals surface area contributed by atoms with Gasteiger partial charge < -0.3 is 5.32 Å². The molecule has 0 spiro atoms. The molecule has 4 nitrogen and oxygen atoms in total. The summed E-state index contributed by atoms with van der Waals surface area (Å²) in [6.07, 6.45) is 5.14. The quantitative estimate of drug-likeness (QED) is 0.778. The predicted molar refractivity (Wildman–Crippen MR) is 76.1 cm³/mol. The summed E-state index contributed by atoms with van der Waals surface area (Å²) in [7, 11) is -3.09. The van der Waals surface area contributed by atoms with Crippen LogP contribution in [0.15, 0.2) is 0 Å². The summed E-state index contributed by atoms with van der Waals surface area (Å²) in [5.74, 6) is 0.245. The Labute approximate surface area is 112 Å². The van der Waals surface area contributed by atoms with Gasteiger partial charge in [0.05, 0.1) is 5.75 Å². The van der Waals surface area contributed by atoms with E-state index in [-0.39, 0.29) is 11.2 Å². The highest BCUT2D eigenvalue weighted by atomic mass is 32.2. The molecule has 1 atom stereocenters. The first-order valence-corrected chi connectivity index (χ1v) is 8.64. The maximum Gasteiger partial charge on any atom is 0.211 e. The Bertz CT molecular complexity index is 327. The zero-order valence-electron chi connectivity index (χ0n) is 12.0. The van der Waals surface area contributed by atoms with E-state index < -0.39 is 10.0 Å². The lowest BCUT2D eigenvalue weighted by Crippen LogP contribution is -2.37. The molecule has 108 valence electrons. The topological polar surface area (TPSA) is 58.2 Å². The van der Waals surface area contributed by atoms with Gasteiger partial charge in [-0.2, -0.15) is 0 Å². The Morgan fingerprint density at radius 1 is 1.28 bits per heavy atom. The van der Waals surface area contributed by atoms with Crippen molar-refractivity contribution in [2.75, 3.05) is 18.8 Å². The van der Waals surface area contributed by atoms with Gasteiger partial charge in [-0.15, -0.1) is 0 Å². The van der Waals surface area contributed by atoms with E-state index in [1.165, 1.54) is 12.8 Å². The Morgan fingerprint density at radius 3 is 2.56 bits per heavy atom. The average Bonchev–Trinajstić information content (AvgIpc) is 2.26. The van der Waals surface area contributed by atoms with Gasteiger partial charge in [-0.05, 0) is 37.6 Å². The summed E-state index contributed by atoms with van der Waals surface area (Å²) < 4.78 is 26.3. The molecule has 0 aromatic rings. The lowest BCUT2D eigenvalue weighted by Gasteiger charge is -2.23. The smallest absolute Gasteiger partial charge is 0.211 e. The van der Waals surface area contributed by atoms with Crippen LogP contribution in [0.3, 0.4) is 0 Å². The Kier molecular flexibility index (Phi) is 6.08. The number of sulfonamides is 1. The minimum atomic E-state index is -3.09. The predicted octanol–water partition coefficient (Wildman–Crippen LogP) is 1.87. The van der Waals surface area contributed by atoms with Crippen LogP contribution in [0, 0.1) is 5.41 Å². The van der Waals surface area contributed by atoms with Gasteiger partial charge in [-0.25, -0.2) is 13.1 Å². The highest BCUT2D eigenvalue weighted by Crippen LogP contribution is 2.17.